The summed E-state index contributed by atoms with van der Waals surface area (Å²) in [7, 11) is 0. The number of nitro groups is 1. The van der Waals surface area contributed by atoms with Gasteiger partial charge in [-0.05, 0) is 18.2 Å². The topological polar surface area (TPSA) is 104 Å². The van der Waals surface area contributed by atoms with Gasteiger partial charge in [0.25, 0.3) is 0 Å². The number of amides is 1. The maximum Gasteiger partial charge on any atom is 0.301 e. The van der Waals surface area contributed by atoms with Crippen molar-refractivity contribution in [3.05, 3.63) is 52.7 Å². The molecule has 2 aromatic rings. The third-order valence-corrected chi connectivity index (χ3v) is 4.38. The lowest BCUT2D eigenvalue weighted by molar-refractivity contribution is -0.388. The standard InChI is InChI=1S/C16H15N3O5S/c20-15(10-25-16-12(19(21)22)4-3-7-17-16)18-8-11-9-23-13-5-1-2-6-14(13)24-11/h1-7,11H,8-10H2,(H,18,20)/t11-/m0/s1. The summed E-state index contributed by atoms with van der Waals surface area (Å²) in [5.74, 6) is 1.10. The quantitative estimate of drug-likeness (QED) is 0.477. The van der Waals surface area contributed by atoms with Crippen molar-refractivity contribution in [2.24, 2.45) is 0 Å². The van der Waals surface area contributed by atoms with Crippen LogP contribution in [0.4, 0.5) is 5.69 Å². The molecule has 0 saturated heterocycles. The van der Waals surface area contributed by atoms with Crippen molar-refractivity contribution in [1.82, 2.24) is 10.3 Å². The van der Waals surface area contributed by atoms with E-state index in [-0.39, 0.29) is 35.0 Å². The fourth-order valence-corrected chi connectivity index (χ4v) is 3.00. The molecule has 1 N–H and O–H groups in total. The Morgan fingerprint density at radius 1 is 1.32 bits per heavy atom. The van der Waals surface area contributed by atoms with E-state index < -0.39 is 4.92 Å². The Morgan fingerprint density at radius 2 is 2.12 bits per heavy atom. The molecule has 25 heavy (non-hydrogen) atoms. The molecule has 9 heteroatoms. The van der Waals surface area contributed by atoms with Gasteiger partial charge >= 0.3 is 5.69 Å². The average molecular weight is 361 g/mol. The van der Waals surface area contributed by atoms with Crippen molar-refractivity contribution in [3.63, 3.8) is 0 Å². The van der Waals surface area contributed by atoms with Gasteiger partial charge in [0, 0.05) is 12.3 Å². The van der Waals surface area contributed by atoms with Crippen molar-refractivity contribution < 1.29 is 19.2 Å². The molecule has 1 aliphatic heterocycles. The monoisotopic (exact) mass is 361 g/mol. The summed E-state index contributed by atoms with van der Waals surface area (Å²) >= 11 is 1.02. The molecule has 1 aromatic heterocycles. The minimum atomic E-state index is -0.516. The van der Waals surface area contributed by atoms with E-state index in [1.54, 1.807) is 6.07 Å². The number of hydrogen-bond donors (Lipinski definition) is 1. The van der Waals surface area contributed by atoms with Gasteiger partial charge < -0.3 is 14.8 Å². The maximum absolute atomic E-state index is 12.0. The summed E-state index contributed by atoms with van der Waals surface area (Å²) in [4.78, 5) is 26.3. The van der Waals surface area contributed by atoms with Gasteiger partial charge in [0.2, 0.25) is 5.91 Å². The molecule has 2 heterocycles. The molecule has 1 amide bonds. The van der Waals surface area contributed by atoms with E-state index in [1.165, 1.54) is 18.3 Å². The highest BCUT2D eigenvalue weighted by atomic mass is 32.2. The summed E-state index contributed by atoms with van der Waals surface area (Å²) in [6.45, 7) is 0.633. The van der Waals surface area contributed by atoms with Gasteiger partial charge in [-0.3, -0.25) is 14.9 Å². The normalized spacial score (nSPS) is 15.4. The zero-order chi connectivity index (χ0) is 17.6. The third kappa shape index (κ3) is 4.38. The summed E-state index contributed by atoms with van der Waals surface area (Å²) in [6.07, 6.45) is 1.17. The van der Waals surface area contributed by atoms with E-state index in [0.717, 1.165) is 11.8 Å². The number of hydrogen-bond acceptors (Lipinski definition) is 7. The number of carbonyl (C=O) groups is 1. The fourth-order valence-electron chi connectivity index (χ4n) is 2.21. The SMILES string of the molecule is O=C(CSc1ncccc1[N+](=O)[O-])NC[C@H]1COc2ccccc2O1. The zero-order valence-electron chi connectivity index (χ0n) is 13.1. The number of nitrogens with zero attached hydrogens (tertiary/aromatic N) is 2. The van der Waals surface area contributed by atoms with Gasteiger partial charge in [0.1, 0.15) is 12.7 Å². The van der Waals surface area contributed by atoms with Gasteiger partial charge in [-0.2, -0.15) is 0 Å². The summed E-state index contributed by atoms with van der Waals surface area (Å²) < 4.78 is 11.3. The van der Waals surface area contributed by atoms with Crippen LogP contribution in [0.2, 0.25) is 0 Å². The molecule has 8 nitrogen and oxygen atoms in total. The number of thioether (sulfide) groups is 1. The van der Waals surface area contributed by atoms with Crippen LogP contribution in [0.3, 0.4) is 0 Å². The molecular formula is C16H15N3O5S. The largest absolute Gasteiger partial charge is 0.486 e. The lowest BCUT2D eigenvalue weighted by Gasteiger charge is -2.26. The van der Waals surface area contributed by atoms with Crippen molar-refractivity contribution in [3.8, 4) is 11.5 Å². The number of fused-ring (bicyclic) bond motifs is 1. The van der Waals surface area contributed by atoms with E-state index in [2.05, 4.69) is 10.3 Å². The molecule has 0 unspecified atom stereocenters. The first-order chi connectivity index (χ1) is 12.1. The number of ether oxygens (including phenoxy) is 2. The second-order valence-corrected chi connectivity index (χ2v) is 6.14. The van der Waals surface area contributed by atoms with Crippen LogP contribution in [0.15, 0.2) is 47.6 Å². The smallest absolute Gasteiger partial charge is 0.301 e. The van der Waals surface area contributed by atoms with E-state index in [9.17, 15) is 14.9 Å². The number of carbonyl (C=O) groups excluding carboxylic acids is 1. The van der Waals surface area contributed by atoms with E-state index in [1.807, 2.05) is 18.2 Å². The molecule has 0 fully saturated rings. The first-order valence-corrected chi connectivity index (χ1v) is 8.49. The number of nitrogens with one attached hydrogen (secondary N) is 1. The molecule has 0 aliphatic carbocycles. The van der Waals surface area contributed by atoms with Crippen LogP contribution >= 0.6 is 11.8 Å². The Labute approximate surface area is 147 Å². The van der Waals surface area contributed by atoms with Gasteiger partial charge in [-0.15, -0.1) is 0 Å². The number of para-hydroxylation sites is 2. The fraction of sp³-hybridized carbons (Fsp3) is 0.250. The van der Waals surface area contributed by atoms with E-state index >= 15 is 0 Å². The van der Waals surface area contributed by atoms with Gasteiger partial charge in [0.05, 0.1) is 17.2 Å². The first-order valence-electron chi connectivity index (χ1n) is 7.51. The van der Waals surface area contributed by atoms with Crippen LogP contribution in [-0.4, -0.2) is 40.8 Å². The van der Waals surface area contributed by atoms with Gasteiger partial charge in [-0.25, -0.2) is 4.98 Å². The van der Waals surface area contributed by atoms with Crippen molar-refractivity contribution >= 4 is 23.4 Å². The van der Waals surface area contributed by atoms with Gasteiger partial charge in [-0.1, -0.05) is 23.9 Å². The van der Waals surface area contributed by atoms with Crippen LogP contribution in [0.1, 0.15) is 0 Å². The number of pyridine rings is 1. The molecule has 1 aliphatic rings. The molecule has 0 saturated carbocycles. The lowest BCUT2D eigenvalue weighted by Crippen LogP contribution is -2.41. The molecular weight excluding hydrogens is 346 g/mol. The highest BCUT2D eigenvalue weighted by Gasteiger charge is 2.21. The highest BCUT2D eigenvalue weighted by molar-refractivity contribution is 8.00. The summed E-state index contributed by atoms with van der Waals surface area (Å²) in [6, 6.07) is 10.2. The summed E-state index contributed by atoms with van der Waals surface area (Å²) in [5, 5.41) is 13.9. The van der Waals surface area contributed by atoms with Crippen LogP contribution in [0, 0.1) is 10.1 Å². The zero-order valence-corrected chi connectivity index (χ0v) is 13.9. The maximum atomic E-state index is 12.0. The Bertz CT molecular complexity index is 786. The minimum absolute atomic E-state index is 0.0298. The minimum Gasteiger partial charge on any atom is -0.486 e. The van der Waals surface area contributed by atoms with Gasteiger partial charge in [0.15, 0.2) is 16.5 Å². The third-order valence-electron chi connectivity index (χ3n) is 3.38. The molecule has 1 aromatic carbocycles. The second kappa shape index (κ2) is 7.84. The van der Waals surface area contributed by atoms with Crippen molar-refractivity contribution in [2.75, 3.05) is 18.9 Å². The number of rotatable bonds is 6. The van der Waals surface area contributed by atoms with Crippen LogP contribution in [0.5, 0.6) is 11.5 Å². The Kier molecular flexibility index (Phi) is 5.34. The molecule has 0 spiro atoms. The van der Waals surface area contributed by atoms with Crippen LogP contribution in [-0.2, 0) is 4.79 Å². The summed E-state index contributed by atoms with van der Waals surface area (Å²) in [5.41, 5.74) is -0.110. The molecule has 1 atom stereocenters. The number of benzene rings is 1. The van der Waals surface area contributed by atoms with E-state index in [4.69, 9.17) is 9.47 Å². The second-order valence-electron chi connectivity index (χ2n) is 5.18. The molecule has 0 bridgehead atoms. The van der Waals surface area contributed by atoms with Crippen LogP contribution in [0.25, 0.3) is 0 Å². The first kappa shape index (κ1) is 17.0. The predicted molar refractivity (Wildman–Crippen MR) is 91.0 cm³/mol. The number of aromatic nitrogens is 1. The molecule has 130 valence electrons. The Balaban J connectivity index is 1.47. The van der Waals surface area contributed by atoms with Crippen molar-refractivity contribution in [2.45, 2.75) is 11.1 Å². The highest BCUT2D eigenvalue weighted by Crippen LogP contribution is 2.30. The molecule has 0 radical (unpaired) electrons. The predicted octanol–water partition coefficient (Wildman–Crippen LogP) is 2.04. The average Bonchev–Trinajstić information content (AvgIpc) is 2.64. The van der Waals surface area contributed by atoms with E-state index in [0.29, 0.717) is 18.1 Å². The molecule has 3 rings (SSSR count). The Hall–Kier alpha value is -2.81. The van der Waals surface area contributed by atoms with Crippen LogP contribution < -0.4 is 14.8 Å². The van der Waals surface area contributed by atoms with Crippen molar-refractivity contribution in [1.29, 1.82) is 0 Å². The lowest BCUT2D eigenvalue weighted by atomic mass is 10.2. The Morgan fingerprint density at radius 3 is 2.92 bits per heavy atom.